The average Bonchev–Trinajstić information content (AvgIpc) is 3.49. The van der Waals surface area contributed by atoms with Gasteiger partial charge in [-0.15, -0.1) is 0 Å². The summed E-state index contributed by atoms with van der Waals surface area (Å²) >= 11 is 0. The number of phosphoric acid groups is 1. The Kier molecular flexibility index (Phi) is 60.6. The van der Waals surface area contributed by atoms with Gasteiger partial charge in [-0.3, -0.25) is 9.36 Å². The van der Waals surface area contributed by atoms with Gasteiger partial charge in [-0.2, -0.15) is 0 Å². The number of aliphatic hydroxyl groups is 1. The summed E-state index contributed by atoms with van der Waals surface area (Å²) in [6.45, 7) is 4.51. The number of quaternary nitrogens is 1. The predicted molar refractivity (Wildman–Crippen MR) is 362 cm³/mol. The van der Waals surface area contributed by atoms with Crippen LogP contribution in [0.2, 0.25) is 0 Å². The molecule has 0 bridgehead atoms. The Balaban J connectivity index is 4.25. The second-order valence-electron chi connectivity index (χ2n) is 23.8. The number of hydrogen-bond acceptors (Lipinski definition) is 6. The van der Waals surface area contributed by atoms with Crippen molar-refractivity contribution in [1.82, 2.24) is 5.32 Å². The van der Waals surface area contributed by atoms with Gasteiger partial charge in [0.05, 0.1) is 39.9 Å². The standard InChI is InChI=1S/C74H129N2O6P/c1-6-8-10-12-14-16-18-20-22-24-26-28-30-32-34-36-37-38-39-40-42-44-46-48-50-52-54-56-58-60-62-64-66-68-74(78)75-72(71-82-83(79,80)81-70-69-76(3,4)5)73(77)67-65-63-61-59-57-55-53-51-49-47-45-43-41-35-33-31-29-27-25-23-21-19-17-15-13-11-9-7-2/h8,10,14,16,20,22,26,28,32,34,37-38,40,42,46,48,52,54,58,60,65,67,72-73,77H,6-7,9,11-13,15,17-19,21,23-25,27,29-31,33,35-36,39,41,43-45,47,49-51,53,55-57,59,61-64,66,68-71H2,1-5H3,(H-,75,78,79,80)/b10-8-,16-14-,22-20-,28-26-,34-32-,38-37-,42-40-,48-46-,54-52-,60-58-,67-65+. The van der Waals surface area contributed by atoms with Crippen LogP contribution in [-0.2, 0) is 18.4 Å². The molecule has 8 nitrogen and oxygen atoms in total. The Morgan fingerprint density at radius 3 is 1.07 bits per heavy atom. The molecule has 9 heteroatoms. The number of nitrogens with one attached hydrogen (secondary N) is 1. The van der Waals surface area contributed by atoms with Gasteiger partial charge in [0.1, 0.15) is 13.2 Å². The van der Waals surface area contributed by atoms with Crippen LogP contribution in [-0.4, -0.2) is 68.5 Å². The lowest BCUT2D eigenvalue weighted by atomic mass is 10.0. The molecule has 0 spiro atoms. The second kappa shape index (κ2) is 63.2. The molecule has 0 heterocycles. The summed E-state index contributed by atoms with van der Waals surface area (Å²) in [5.74, 6) is -0.242. The number of aliphatic hydroxyl groups excluding tert-OH is 1. The first-order valence-corrected chi connectivity index (χ1v) is 35.5. The first kappa shape index (κ1) is 79.6. The molecule has 0 aromatic carbocycles. The van der Waals surface area contributed by atoms with Crippen LogP contribution in [0.25, 0.3) is 0 Å². The van der Waals surface area contributed by atoms with Gasteiger partial charge in [-0.1, -0.05) is 308 Å². The molecule has 0 aliphatic carbocycles. The SMILES string of the molecule is CC/C=C\C/C=C\C/C=C\C/C=C\C/C=C\C/C=C\C/C=C\C/C=C\C/C=C\C/C=C\CCCCC(=O)NC(COP(=O)([O-])OCC[N+](C)(C)C)C(O)/C=C/CCCCCCCCCCCCCCCCCCCCCCCCCCCC. The summed E-state index contributed by atoms with van der Waals surface area (Å²) in [5, 5.41) is 13.9. The number of rotatable bonds is 61. The Morgan fingerprint density at radius 1 is 0.434 bits per heavy atom. The van der Waals surface area contributed by atoms with Gasteiger partial charge in [0, 0.05) is 6.42 Å². The van der Waals surface area contributed by atoms with Gasteiger partial charge < -0.3 is 28.8 Å². The quantitative estimate of drug-likeness (QED) is 0.0272. The van der Waals surface area contributed by atoms with Crippen molar-refractivity contribution >= 4 is 13.7 Å². The number of allylic oxidation sites excluding steroid dienone is 21. The van der Waals surface area contributed by atoms with E-state index in [-0.39, 0.29) is 18.9 Å². The van der Waals surface area contributed by atoms with Crippen molar-refractivity contribution in [3.8, 4) is 0 Å². The molecule has 0 fully saturated rings. The number of carbonyl (C=O) groups excluding carboxylic acids is 1. The highest BCUT2D eigenvalue weighted by Crippen LogP contribution is 2.38. The summed E-state index contributed by atoms with van der Waals surface area (Å²) in [6, 6.07) is -0.922. The predicted octanol–water partition coefficient (Wildman–Crippen LogP) is 21.2. The fourth-order valence-electron chi connectivity index (χ4n) is 9.36. The number of amides is 1. The minimum Gasteiger partial charge on any atom is -0.756 e. The van der Waals surface area contributed by atoms with Crippen LogP contribution < -0.4 is 10.2 Å². The molecule has 0 saturated carbocycles. The van der Waals surface area contributed by atoms with Gasteiger partial charge in [0.25, 0.3) is 7.82 Å². The highest BCUT2D eigenvalue weighted by atomic mass is 31.2. The number of likely N-dealkylation sites (N-methyl/N-ethyl adjacent to an activating group) is 1. The molecule has 0 aliphatic rings. The zero-order valence-electron chi connectivity index (χ0n) is 54.4. The summed E-state index contributed by atoms with van der Waals surface area (Å²) < 4.78 is 23.4. The molecular weight excluding hydrogens is 1040 g/mol. The van der Waals surface area contributed by atoms with Crippen molar-refractivity contribution in [3.05, 3.63) is 134 Å². The van der Waals surface area contributed by atoms with Crippen molar-refractivity contribution in [1.29, 1.82) is 0 Å². The van der Waals surface area contributed by atoms with Crippen LogP contribution >= 0.6 is 7.82 Å². The number of unbranched alkanes of at least 4 members (excludes halogenated alkanes) is 28. The Morgan fingerprint density at radius 2 is 0.735 bits per heavy atom. The molecule has 0 saturated heterocycles. The first-order valence-electron chi connectivity index (χ1n) is 34.0. The molecule has 3 unspecified atom stereocenters. The van der Waals surface area contributed by atoms with Gasteiger partial charge in [0.15, 0.2) is 0 Å². The smallest absolute Gasteiger partial charge is 0.268 e. The van der Waals surface area contributed by atoms with E-state index in [0.717, 1.165) is 96.3 Å². The maximum absolute atomic E-state index is 13.0. The lowest BCUT2D eigenvalue weighted by Crippen LogP contribution is -2.45. The number of phosphoric ester groups is 1. The molecule has 476 valence electrons. The van der Waals surface area contributed by atoms with Crippen LogP contribution in [0.3, 0.4) is 0 Å². The third kappa shape index (κ3) is 66.0. The van der Waals surface area contributed by atoms with E-state index in [0.29, 0.717) is 17.4 Å². The molecule has 0 aromatic rings. The van der Waals surface area contributed by atoms with Crippen LogP contribution in [0, 0.1) is 0 Å². The van der Waals surface area contributed by atoms with E-state index in [1.54, 1.807) is 6.08 Å². The molecule has 0 aromatic heterocycles. The van der Waals surface area contributed by atoms with E-state index >= 15 is 0 Å². The first-order chi connectivity index (χ1) is 40.5. The maximum Gasteiger partial charge on any atom is 0.268 e. The monoisotopic (exact) mass is 1170 g/mol. The van der Waals surface area contributed by atoms with E-state index < -0.39 is 26.6 Å². The largest absolute Gasteiger partial charge is 0.756 e. The zero-order valence-corrected chi connectivity index (χ0v) is 55.2. The molecule has 1 amide bonds. The van der Waals surface area contributed by atoms with Crippen molar-refractivity contribution < 1.29 is 32.9 Å². The molecule has 0 rings (SSSR count). The van der Waals surface area contributed by atoms with Gasteiger partial charge in [-0.05, 0) is 96.3 Å². The average molecular weight is 1170 g/mol. The highest BCUT2D eigenvalue weighted by Gasteiger charge is 2.23. The minimum atomic E-state index is -4.63. The van der Waals surface area contributed by atoms with Gasteiger partial charge >= 0.3 is 0 Å². The second-order valence-corrected chi connectivity index (χ2v) is 25.2. The van der Waals surface area contributed by atoms with Crippen LogP contribution in [0.4, 0.5) is 0 Å². The van der Waals surface area contributed by atoms with E-state index in [2.05, 4.69) is 141 Å². The normalized spacial score (nSPS) is 14.5. The van der Waals surface area contributed by atoms with E-state index in [1.165, 1.54) is 154 Å². The molecule has 0 aliphatic heterocycles. The third-order valence-electron chi connectivity index (χ3n) is 14.6. The lowest BCUT2D eigenvalue weighted by Gasteiger charge is -2.29. The Bertz CT molecular complexity index is 1810. The van der Waals surface area contributed by atoms with E-state index in [1.807, 2.05) is 27.2 Å². The van der Waals surface area contributed by atoms with E-state index in [9.17, 15) is 19.4 Å². The highest BCUT2D eigenvalue weighted by molar-refractivity contribution is 7.45. The molecule has 3 atom stereocenters. The summed E-state index contributed by atoms with van der Waals surface area (Å²) in [6.07, 6.45) is 95.6. The van der Waals surface area contributed by atoms with Crippen molar-refractivity contribution in [2.75, 3.05) is 40.9 Å². The van der Waals surface area contributed by atoms with Crippen molar-refractivity contribution in [2.45, 2.75) is 289 Å². The summed E-state index contributed by atoms with van der Waals surface area (Å²) in [4.78, 5) is 25.6. The minimum absolute atomic E-state index is 0.0167. The number of hydrogen-bond donors (Lipinski definition) is 2. The molecular formula is C74H129N2O6P. The molecule has 2 N–H and O–H groups in total. The fourth-order valence-corrected chi connectivity index (χ4v) is 10.1. The van der Waals surface area contributed by atoms with Crippen LogP contribution in [0.1, 0.15) is 277 Å². The number of nitrogens with zero attached hydrogens (tertiary/aromatic N) is 1. The zero-order chi connectivity index (χ0) is 60.5. The fraction of sp³-hybridized carbons (Fsp3) is 0.689. The Labute approximate surface area is 513 Å². The van der Waals surface area contributed by atoms with Crippen LogP contribution in [0.15, 0.2) is 134 Å². The van der Waals surface area contributed by atoms with Gasteiger partial charge in [0.2, 0.25) is 5.91 Å². The summed E-state index contributed by atoms with van der Waals surface area (Å²) in [7, 11) is 1.22. The Hall–Kier alpha value is -3.36. The topological polar surface area (TPSA) is 108 Å². The van der Waals surface area contributed by atoms with Crippen LogP contribution in [0.5, 0.6) is 0 Å². The lowest BCUT2D eigenvalue weighted by molar-refractivity contribution is -0.870. The number of carbonyl (C=O) groups is 1. The maximum atomic E-state index is 13.0. The van der Waals surface area contributed by atoms with Crippen molar-refractivity contribution in [2.24, 2.45) is 0 Å². The van der Waals surface area contributed by atoms with Crippen molar-refractivity contribution in [3.63, 3.8) is 0 Å². The van der Waals surface area contributed by atoms with Gasteiger partial charge in [-0.25, -0.2) is 0 Å². The third-order valence-corrected chi connectivity index (χ3v) is 15.6. The summed E-state index contributed by atoms with van der Waals surface area (Å²) in [5.41, 5.74) is 0. The molecule has 0 radical (unpaired) electrons. The van der Waals surface area contributed by atoms with E-state index in [4.69, 9.17) is 9.05 Å². The molecule has 83 heavy (non-hydrogen) atoms.